The van der Waals surface area contributed by atoms with Gasteiger partial charge >= 0.3 is 11.9 Å². The first-order chi connectivity index (χ1) is 18.3. The molecule has 9 nitrogen and oxygen atoms in total. The number of ether oxygens (including phenoxy) is 1. The van der Waals surface area contributed by atoms with Gasteiger partial charge in [-0.3, -0.25) is 28.8 Å². The minimum atomic E-state index is -1.43. The van der Waals surface area contributed by atoms with Crippen LogP contribution in [0, 0.1) is 39.4 Å². The predicted molar refractivity (Wildman–Crippen MR) is 143 cm³/mol. The Morgan fingerprint density at radius 2 is 1.62 bits per heavy atom. The molecule has 2 N–H and O–H groups in total. The van der Waals surface area contributed by atoms with Crippen molar-refractivity contribution in [3.05, 3.63) is 11.1 Å². The maximum absolute atomic E-state index is 14.6. The van der Waals surface area contributed by atoms with Crippen LogP contribution in [0.5, 0.6) is 0 Å². The molecule has 0 radical (unpaired) electrons. The van der Waals surface area contributed by atoms with E-state index in [1.165, 1.54) is 6.92 Å². The standard InChI is InChI=1S/C31H42O9/c1-15(12-17(33)8-9-23(37)38)18-13-22(36)31(7)24-19(34)14-20-28(3,4)21(35)10-11-29(20,5)25(24)26(39)27(30(18,31)6)40-16(2)32/h15,18,20-21,27,35H,8-14H2,1-7H3,(H,37,38)/t15?,18?,20?,21?,27?,29-,30-,31-/m0/s1. The molecular weight excluding hydrogens is 516 g/mol. The molecule has 220 valence electrons. The lowest BCUT2D eigenvalue weighted by atomic mass is 9.42. The fraction of sp³-hybridized carbons (Fsp3) is 0.742. The van der Waals surface area contributed by atoms with Gasteiger partial charge in [-0.25, -0.2) is 0 Å². The van der Waals surface area contributed by atoms with Gasteiger partial charge < -0.3 is 14.9 Å². The number of carboxylic acid groups (broad SMARTS) is 1. The topological polar surface area (TPSA) is 152 Å². The number of carbonyl (C=O) groups excluding carboxylic acids is 5. The fourth-order valence-electron chi connectivity index (χ4n) is 9.01. The molecule has 0 amide bonds. The van der Waals surface area contributed by atoms with Crippen LogP contribution in [0.2, 0.25) is 0 Å². The number of allylic oxidation sites excluding steroid dienone is 1. The van der Waals surface area contributed by atoms with Crippen LogP contribution < -0.4 is 0 Å². The van der Waals surface area contributed by atoms with Crippen molar-refractivity contribution in [1.29, 1.82) is 0 Å². The second-order valence-electron chi connectivity index (χ2n) is 13.8. The lowest BCUT2D eigenvalue weighted by Crippen LogP contribution is -2.65. The zero-order chi connectivity index (χ0) is 30.2. The molecule has 2 fully saturated rings. The van der Waals surface area contributed by atoms with Crippen LogP contribution in [0.3, 0.4) is 0 Å². The fourth-order valence-corrected chi connectivity index (χ4v) is 9.01. The van der Waals surface area contributed by atoms with Gasteiger partial charge in [0.05, 0.1) is 17.9 Å². The summed E-state index contributed by atoms with van der Waals surface area (Å²) in [6.45, 7) is 12.2. The van der Waals surface area contributed by atoms with Gasteiger partial charge in [0.2, 0.25) is 5.78 Å². The normalized spacial score (nSPS) is 39.2. The Labute approximate surface area is 235 Å². The number of esters is 1. The summed E-state index contributed by atoms with van der Waals surface area (Å²) in [7, 11) is 0. The molecule has 4 aliphatic rings. The third-order valence-corrected chi connectivity index (χ3v) is 11.4. The van der Waals surface area contributed by atoms with E-state index in [9.17, 15) is 33.9 Å². The molecule has 0 spiro atoms. The second kappa shape index (κ2) is 9.71. The molecule has 0 aromatic rings. The summed E-state index contributed by atoms with van der Waals surface area (Å²) in [6.07, 6.45) is -1.45. The monoisotopic (exact) mass is 558 g/mol. The first-order valence-corrected chi connectivity index (χ1v) is 14.3. The number of carboxylic acids is 1. The van der Waals surface area contributed by atoms with Gasteiger partial charge in [-0.15, -0.1) is 0 Å². The molecule has 0 bridgehead atoms. The highest BCUT2D eigenvalue weighted by Crippen LogP contribution is 2.70. The quantitative estimate of drug-likeness (QED) is 0.446. The van der Waals surface area contributed by atoms with E-state index in [0.29, 0.717) is 12.8 Å². The van der Waals surface area contributed by atoms with Gasteiger partial charge in [0, 0.05) is 54.6 Å². The first kappa shape index (κ1) is 30.3. The molecular formula is C31H42O9. The van der Waals surface area contributed by atoms with E-state index < -0.39 is 63.4 Å². The Balaban J connectivity index is 1.89. The maximum atomic E-state index is 14.6. The van der Waals surface area contributed by atoms with Crippen molar-refractivity contribution in [3.63, 3.8) is 0 Å². The van der Waals surface area contributed by atoms with Crippen LogP contribution in [-0.4, -0.2) is 57.5 Å². The molecule has 4 aliphatic carbocycles. The Kier molecular flexibility index (Phi) is 7.35. The number of rotatable bonds is 7. The predicted octanol–water partition coefficient (Wildman–Crippen LogP) is 3.64. The number of ketones is 4. The summed E-state index contributed by atoms with van der Waals surface area (Å²) in [5.74, 6) is -4.36. The van der Waals surface area contributed by atoms with Gasteiger partial charge in [0.15, 0.2) is 11.9 Å². The molecule has 4 rings (SSSR count). The molecule has 0 aromatic carbocycles. The lowest BCUT2D eigenvalue weighted by Gasteiger charge is -2.61. The number of hydrogen-bond acceptors (Lipinski definition) is 8. The average Bonchev–Trinajstić information content (AvgIpc) is 3.06. The molecule has 40 heavy (non-hydrogen) atoms. The third kappa shape index (κ3) is 4.05. The van der Waals surface area contributed by atoms with Crippen molar-refractivity contribution >= 4 is 35.1 Å². The molecule has 8 atom stereocenters. The van der Waals surface area contributed by atoms with E-state index >= 15 is 0 Å². The highest BCUT2D eigenvalue weighted by Gasteiger charge is 2.74. The van der Waals surface area contributed by atoms with Crippen molar-refractivity contribution < 1.29 is 43.7 Å². The van der Waals surface area contributed by atoms with Crippen molar-refractivity contribution in [1.82, 2.24) is 0 Å². The molecule has 0 heterocycles. The number of aliphatic carboxylic acids is 1. The number of fused-ring (bicyclic) bond motifs is 4. The van der Waals surface area contributed by atoms with Gasteiger partial charge in [-0.2, -0.15) is 0 Å². The molecule has 9 heteroatoms. The second-order valence-corrected chi connectivity index (χ2v) is 13.8. The molecule has 0 aliphatic heterocycles. The SMILES string of the molecule is CC(=O)OC1C(=O)C2=C(C(=O)CC3C(C)(C)C(O)CC[C@]23C)[C@]2(C)C(=O)CC(C(C)CC(=O)CCC(=O)O)[C@@]12C. The van der Waals surface area contributed by atoms with Crippen LogP contribution in [0.25, 0.3) is 0 Å². The lowest BCUT2D eigenvalue weighted by molar-refractivity contribution is -0.176. The van der Waals surface area contributed by atoms with Crippen LogP contribution >= 0.6 is 0 Å². The summed E-state index contributed by atoms with van der Waals surface area (Å²) < 4.78 is 5.78. The highest BCUT2D eigenvalue weighted by molar-refractivity contribution is 6.18. The third-order valence-electron chi connectivity index (χ3n) is 11.4. The summed E-state index contributed by atoms with van der Waals surface area (Å²) >= 11 is 0. The van der Waals surface area contributed by atoms with Crippen LogP contribution in [0.15, 0.2) is 11.1 Å². The van der Waals surface area contributed by atoms with Gasteiger partial charge in [0.1, 0.15) is 11.6 Å². The Morgan fingerprint density at radius 1 is 1.00 bits per heavy atom. The Hall–Kier alpha value is -2.68. The van der Waals surface area contributed by atoms with E-state index in [1.54, 1.807) is 20.8 Å². The zero-order valence-electron chi connectivity index (χ0n) is 24.6. The maximum Gasteiger partial charge on any atom is 0.303 e. The molecule has 2 saturated carbocycles. The minimum Gasteiger partial charge on any atom is -0.481 e. The molecule has 0 aromatic heterocycles. The van der Waals surface area contributed by atoms with E-state index in [4.69, 9.17) is 9.84 Å². The minimum absolute atomic E-state index is 0.000167. The first-order valence-electron chi connectivity index (χ1n) is 14.3. The van der Waals surface area contributed by atoms with Crippen LogP contribution in [0.4, 0.5) is 0 Å². The number of aliphatic hydroxyl groups is 1. The number of carbonyl (C=O) groups is 6. The number of Topliss-reactive ketones (excluding diaryl/α,β-unsaturated/α-hetero) is 4. The number of aliphatic hydroxyl groups excluding tert-OH is 1. The summed E-state index contributed by atoms with van der Waals surface area (Å²) in [6, 6.07) is 0. The van der Waals surface area contributed by atoms with E-state index in [-0.39, 0.29) is 66.5 Å². The van der Waals surface area contributed by atoms with Crippen molar-refractivity contribution in [2.45, 2.75) is 106 Å². The Morgan fingerprint density at radius 3 is 2.20 bits per heavy atom. The highest BCUT2D eigenvalue weighted by atomic mass is 16.5. The zero-order valence-corrected chi connectivity index (χ0v) is 24.6. The van der Waals surface area contributed by atoms with E-state index in [1.807, 2.05) is 20.8 Å². The van der Waals surface area contributed by atoms with Crippen LogP contribution in [-0.2, 0) is 33.5 Å². The Bertz CT molecular complexity index is 1230. The summed E-state index contributed by atoms with van der Waals surface area (Å²) in [5, 5.41) is 19.8. The smallest absolute Gasteiger partial charge is 0.303 e. The molecule has 0 saturated heterocycles. The average molecular weight is 559 g/mol. The van der Waals surface area contributed by atoms with Gasteiger partial charge in [-0.05, 0) is 42.9 Å². The largest absolute Gasteiger partial charge is 0.481 e. The molecule has 5 unspecified atom stereocenters. The number of hydrogen-bond donors (Lipinski definition) is 2. The van der Waals surface area contributed by atoms with Gasteiger partial charge in [0.25, 0.3) is 0 Å². The van der Waals surface area contributed by atoms with Crippen LogP contribution in [0.1, 0.15) is 93.4 Å². The van der Waals surface area contributed by atoms with Crippen molar-refractivity contribution in [2.75, 3.05) is 0 Å². The van der Waals surface area contributed by atoms with Crippen molar-refractivity contribution in [3.8, 4) is 0 Å². The van der Waals surface area contributed by atoms with E-state index in [0.717, 1.165) is 0 Å². The summed E-state index contributed by atoms with van der Waals surface area (Å²) in [4.78, 5) is 78.8. The summed E-state index contributed by atoms with van der Waals surface area (Å²) in [5.41, 5.74) is -3.70. The van der Waals surface area contributed by atoms with E-state index in [2.05, 4.69) is 0 Å². The van der Waals surface area contributed by atoms with Gasteiger partial charge in [-0.1, -0.05) is 34.6 Å². The van der Waals surface area contributed by atoms with Crippen molar-refractivity contribution in [2.24, 2.45) is 39.4 Å².